The Balaban J connectivity index is 1.65. The van der Waals surface area contributed by atoms with Crippen LogP contribution in [0.4, 0.5) is 0 Å². The Morgan fingerprint density at radius 1 is 1.08 bits per heavy atom. The van der Waals surface area contributed by atoms with E-state index in [1.54, 1.807) is 43.5 Å². The quantitative estimate of drug-likeness (QED) is 0.245. The van der Waals surface area contributed by atoms with E-state index in [1.807, 2.05) is 44.2 Å². The van der Waals surface area contributed by atoms with Gasteiger partial charge in [0.05, 0.1) is 17.8 Å². The molecule has 0 saturated heterocycles. The summed E-state index contributed by atoms with van der Waals surface area (Å²) < 4.78 is 12.1. The van der Waals surface area contributed by atoms with Crippen LogP contribution in [0, 0.1) is 5.92 Å². The Kier molecular flexibility index (Phi) is 9.90. The molecule has 0 aliphatic carbocycles. The molecule has 0 spiro atoms. The average molecular weight is 573 g/mol. The maximum atomic E-state index is 12.7. The number of hydrogen-bond acceptors (Lipinski definition) is 5. The molecule has 2 N–H and O–H groups in total. The van der Waals surface area contributed by atoms with Crippen LogP contribution < -0.4 is 20.2 Å². The van der Waals surface area contributed by atoms with E-state index in [9.17, 15) is 9.59 Å². The minimum atomic E-state index is -0.777. The van der Waals surface area contributed by atoms with E-state index in [2.05, 4.69) is 31.8 Å². The molecule has 1 unspecified atom stereocenters. The largest absolute Gasteiger partial charge is 0.493 e. The predicted octanol–water partition coefficient (Wildman–Crippen LogP) is 5.59. The Labute approximate surface area is 224 Å². The second-order valence-corrected chi connectivity index (χ2v) is 9.54. The lowest BCUT2D eigenvalue weighted by Crippen LogP contribution is -2.48. The fraction of sp³-hybridized carbons (Fsp3) is 0.222. The number of rotatable bonds is 10. The van der Waals surface area contributed by atoms with Crippen molar-refractivity contribution in [1.82, 2.24) is 10.7 Å². The van der Waals surface area contributed by atoms with E-state index in [1.165, 1.54) is 6.21 Å². The lowest BCUT2D eigenvalue weighted by molar-refractivity contribution is -0.123. The van der Waals surface area contributed by atoms with Crippen LogP contribution in [0.15, 0.2) is 76.3 Å². The molecule has 1 atom stereocenters. The standard InChI is InChI=1S/C27H27BrClN3O4/c1-17(2)24(31-26(33)20-9-11-21(29)12-10-20)27(34)32-30-15-19-13-22(28)25(23(14-19)35-3)36-16-18-7-5-4-6-8-18/h4-15,17,24H,16H2,1-3H3,(H,31,33)(H,32,34)/b30-15+. The second kappa shape index (κ2) is 13.1. The SMILES string of the molecule is COc1cc(/C=N/NC(=O)C(NC(=O)c2ccc(Cl)cc2)C(C)C)cc(Br)c1OCc1ccccc1. The number of amides is 2. The van der Waals surface area contributed by atoms with Gasteiger partial charge in [0.15, 0.2) is 11.5 Å². The number of carbonyl (C=O) groups excluding carboxylic acids is 2. The Hall–Kier alpha value is -3.36. The monoisotopic (exact) mass is 571 g/mol. The summed E-state index contributed by atoms with van der Waals surface area (Å²) in [5.41, 5.74) is 4.62. The first-order valence-corrected chi connectivity index (χ1v) is 12.4. The highest BCUT2D eigenvalue weighted by Gasteiger charge is 2.24. The van der Waals surface area contributed by atoms with Crippen molar-refractivity contribution in [3.8, 4) is 11.5 Å². The molecule has 3 aromatic carbocycles. The van der Waals surface area contributed by atoms with Crippen LogP contribution in [0.25, 0.3) is 0 Å². The van der Waals surface area contributed by atoms with Crippen molar-refractivity contribution < 1.29 is 19.1 Å². The molecule has 0 radical (unpaired) electrons. The molecule has 36 heavy (non-hydrogen) atoms. The summed E-state index contributed by atoms with van der Waals surface area (Å²) >= 11 is 9.40. The highest BCUT2D eigenvalue weighted by atomic mass is 79.9. The third-order valence-electron chi connectivity index (χ3n) is 5.21. The van der Waals surface area contributed by atoms with Gasteiger partial charge < -0.3 is 14.8 Å². The zero-order valence-electron chi connectivity index (χ0n) is 20.1. The first-order chi connectivity index (χ1) is 17.3. The summed E-state index contributed by atoms with van der Waals surface area (Å²) in [7, 11) is 1.55. The van der Waals surface area contributed by atoms with E-state index in [0.717, 1.165) is 5.56 Å². The topological polar surface area (TPSA) is 89.0 Å². The van der Waals surface area contributed by atoms with Gasteiger partial charge in [0.25, 0.3) is 11.8 Å². The molecule has 3 aromatic rings. The van der Waals surface area contributed by atoms with Crippen molar-refractivity contribution in [3.05, 3.63) is 92.9 Å². The first kappa shape index (κ1) is 27.2. The fourth-order valence-corrected chi connectivity index (χ4v) is 3.99. The summed E-state index contributed by atoms with van der Waals surface area (Å²) in [5.74, 6) is 0.115. The number of nitrogens with one attached hydrogen (secondary N) is 2. The number of halogens is 2. The van der Waals surface area contributed by atoms with Crippen LogP contribution in [0.3, 0.4) is 0 Å². The van der Waals surface area contributed by atoms with Crippen LogP contribution in [-0.2, 0) is 11.4 Å². The molecule has 0 aromatic heterocycles. The minimum absolute atomic E-state index is 0.160. The zero-order valence-corrected chi connectivity index (χ0v) is 22.5. The lowest BCUT2D eigenvalue weighted by atomic mass is 10.0. The molecule has 7 nitrogen and oxygen atoms in total. The molecule has 188 valence electrons. The highest BCUT2D eigenvalue weighted by Crippen LogP contribution is 2.36. The lowest BCUT2D eigenvalue weighted by Gasteiger charge is -2.20. The van der Waals surface area contributed by atoms with Crippen LogP contribution in [-0.4, -0.2) is 31.2 Å². The Bertz CT molecular complexity index is 1220. The van der Waals surface area contributed by atoms with Crippen LogP contribution >= 0.6 is 27.5 Å². The minimum Gasteiger partial charge on any atom is -0.493 e. The van der Waals surface area contributed by atoms with Gasteiger partial charge >= 0.3 is 0 Å². The van der Waals surface area contributed by atoms with Gasteiger partial charge in [-0.1, -0.05) is 55.8 Å². The van der Waals surface area contributed by atoms with E-state index in [-0.39, 0.29) is 11.8 Å². The summed E-state index contributed by atoms with van der Waals surface area (Å²) in [4.78, 5) is 25.3. The van der Waals surface area contributed by atoms with Crippen molar-refractivity contribution >= 4 is 45.6 Å². The first-order valence-electron chi connectivity index (χ1n) is 11.2. The Morgan fingerprint density at radius 3 is 2.42 bits per heavy atom. The van der Waals surface area contributed by atoms with E-state index < -0.39 is 11.9 Å². The molecule has 0 aliphatic heterocycles. The molecular weight excluding hydrogens is 546 g/mol. The van der Waals surface area contributed by atoms with E-state index >= 15 is 0 Å². The number of hydrogen-bond donors (Lipinski definition) is 2. The molecule has 9 heteroatoms. The second-order valence-electron chi connectivity index (χ2n) is 8.24. The summed E-state index contributed by atoms with van der Waals surface area (Å²) in [6, 6.07) is 19.0. The van der Waals surface area contributed by atoms with Gasteiger partial charge in [-0.2, -0.15) is 5.10 Å². The maximum absolute atomic E-state index is 12.7. The van der Waals surface area contributed by atoms with Gasteiger partial charge in [-0.25, -0.2) is 5.43 Å². The molecule has 0 aliphatic rings. The molecular formula is C27H27BrClN3O4. The van der Waals surface area contributed by atoms with Gasteiger partial charge in [0.2, 0.25) is 0 Å². The summed E-state index contributed by atoms with van der Waals surface area (Å²) in [5, 5.41) is 7.34. The number of benzene rings is 3. The highest BCUT2D eigenvalue weighted by molar-refractivity contribution is 9.10. The third kappa shape index (κ3) is 7.57. The van der Waals surface area contributed by atoms with Crippen molar-refractivity contribution in [1.29, 1.82) is 0 Å². The average Bonchev–Trinajstić information content (AvgIpc) is 2.87. The Morgan fingerprint density at radius 2 is 1.78 bits per heavy atom. The number of hydrazone groups is 1. The fourth-order valence-electron chi connectivity index (χ4n) is 3.28. The van der Waals surface area contributed by atoms with Crippen molar-refractivity contribution in [2.45, 2.75) is 26.5 Å². The maximum Gasteiger partial charge on any atom is 0.262 e. The molecule has 2 amide bonds. The molecule has 0 fully saturated rings. The van der Waals surface area contributed by atoms with Crippen molar-refractivity contribution in [2.24, 2.45) is 11.0 Å². The molecule has 3 rings (SSSR count). The van der Waals surface area contributed by atoms with E-state index in [4.69, 9.17) is 21.1 Å². The van der Waals surface area contributed by atoms with Crippen LogP contribution in [0.2, 0.25) is 5.02 Å². The molecule has 0 saturated carbocycles. The number of ether oxygens (including phenoxy) is 2. The number of nitrogens with zero attached hydrogens (tertiary/aromatic N) is 1. The third-order valence-corrected chi connectivity index (χ3v) is 6.05. The van der Waals surface area contributed by atoms with Gasteiger partial charge in [-0.15, -0.1) is 0 Å². The smallest absolute Gasteiger partial charge is 0.262 e. The van der Waals surface area contributed by atoms with Crippen molar-refractivity contribution in [2.75, 3.05) is 7.11 Å². The predicted molar refractivity (Wildman–Crippen MR) is 145 cm³/mol. The van der Waals surface area contributed by atoms with Gasteiger partial charge in [0, 0.05) is 10.6 Å². The van der Waals surface area contributed by atoms with Crippen LogP contribution in [0.1, 0.15) is 35.3 Å². The van der Waals surface area contributed by atoms with Gasteiger partial charge in [0.1, 0.15) is 12.6 Å². The molecule has 0 bridgehead atoms. The van der Waals surface area contributed by atoms with Gasteiger partial charge in [-0.3, -0.25) is 9.59 Å². The normalized spacial score (nSPS) is 11.8. The molecule has 0 heterocycles. The zero-order chi connectivity index (χ0) is 26.1. The van der Waals surface area contributed by atoms with Crippen molar-refractivity contribution in [3.63, 3.8) is 0 Å². The van der Waals surface area contributed by atoms with Gasteiger partial charge in [-0.05, 0) is 69.4 Å². The number of carbonyl (C=O) groups is 2. The summed E-state index contributed by atoms with van der Waals surface area (Å²) in [6.45, 7) is 4.07. The van der Waals surface area contributed by atoms with Crippen LogP contribution in [0.5, 0.6) is 11.5 Å². The number of methoxy groups -OCH3 is 1. The summed E-state index contributed by atoms with van der Waals surface area (Å²) in [6.07, 6.45) is 1.49. The van der Waals surface area contributed by atoms with E-state index in [0.29, 0.717) is 38.7 Å².